The second-order valence-electron chi connectivity index (χ2n) is 3.65. The molecule has 0 spiro atoms. The lowest BCUT2D eigenvalue weighted by atomic mass is 10.1. The first kappa shape index (κ1) is 13.0. The Kier molecular flexibility index (Phi) is 4.51. The highest BCUT2D eigenvalue weighted by atomic mass is 16.5. The summed E-state index contributed by atoms with van der Waals surface area (Å²) in [6, 6.07) is 5.45. The van der Waals surface area contributed by atoms with Crippen molar-refractivity contribution in [1.29, 1.82) is 0 Å². The van der Waals surface area contributed by atoms with Crippen LogP contribution in [0, 0.1) is 6.92 Å². The van der Waals surface area contributed by atoms with Gasteiger partial charge in [0, 0.05) is 0 Å². The van der Waals surface area contributed by atoms with Crippen LogP contribution in [0.15, 0.2) is 18.2 Å². The van der Waals surface area contributed by atoms with E-state index in [4.69, 9.17) is 9.84 Å². The lowest BCUT2D eigenvalue weighted by molar-refractivity contribution is -0.137. The van der Waals surface area contributed by atoms with Gasteiger partial charge in [0.1, 0.15) is 12.3 Å². The summed E-state index contributed by atoms with van der Waals surface area (Å²) in [5.41, 5.74) is 1.78. The highest BCUT2D eigenvalue weighted by molar-refractivity contribution is 5.82. The van der Waals surface area contributed by atoms with Crippen LogP contribution in [-0.2, 0) is 16.0 Å². The molecule has 0 aliphatic heterocycles. The van der Waals surface area contributed by atoms with E-state index in [-0.39, 0.29) is 18.9 Å². The largest absolute Gasteiger partial charge is 0.496 e. The van der Waals surface area contributed by atoms with Gasteiger partial charge in [-0.3, -0.25) is 9.59 Å². The standard InChI is InChI=1S/C12H15NO4/c1-8-3-4-9(5-10(8)17-2)6-11(14)13-7-12(15)16/h3-5H,6-7H2,1-2H3,(H,13,14)(H,15,16). The molecule has 2 N–H and O–H groups in total. The summed E-state index contributed by atoms with van der Waals surface area (Å²) in [7, 11) is 1.57. The number of aliphatic carboxylic acids is 1. The Bertz CT molecular complexity index is 429. The van der Waals surface area contributed by atoms with Crippen molar-refractivity contribution in [2.75, 3.05) is 13.7 Å². The van der Waals surface area contributed by atoms with E-state index in [0.717, 1.165) is 11.1 Å². The molecule has 0 aliphatic carbocycles. The van der Waals surface area contributed by atoms with Gasteiger partial charge in [-0.25, -0.2) is 0 Å². The Morgan fingerprint density at radius 1 is 1.41 bits per heavy atom. The Morgan fingerprint density at radius 3 is 2.71 bits per heavy atom. The fraction of sp³-hybridized carbons (Fsp3) is 0.333. The number of ether oxygens (including phenoxy) is 1. The monoisotopic (exact) mass is 237 g/mol. The van der Waals surface area contributed by atoms with Crippen LogP contribution in [0.1, 0.15) is 11.1 Å². The van der Waals surface area contributed by atoms with Crippen LogP contribution >= 0.6 is 0 Å². The van der Waals surface area contributed by atoms with Crippen molar-refractivity contribution in [2.45, 2.75) is 13.3 Å². The number of carboxylic acids is 1. The Morgan fingerprint density at radius 2 is 2.12 bits per heavy atom. The number of methoxy groups -OCH3 is 1. The molecular weight excluding hydrogens is 222 g/mol. The molecule has 0 radical (unpaired) electrons. The summed E-state index contributed by atoms with van der Waals surface area (Å²) >= 11 is 0. The van der Waals surface area contributed by atoms with Crippen molar-refractivity contribution >= 4 is 11.9 Å². The normalized spacial score (nSPS) is 9.76. The number of benzene rings is 1. The molecule has 1 rings (SSSR count). The minimum absolute atomic E-state index is 0.143. The number of rotatable bonds is 5. The topological polar surface area (TPSA) is 75.6 Å². The molecule has 0 aromatic heterocycles. The van der Waals surface area contributed by atoms with Crippen molar-refractivity contribution in [3.8, 4) is 5.75 Å². The predicted octanol–water partition coefficient (Wildman–Crippen LogP) is 0.747. The van der Waals surface area contributed by atoms with Crippen LogP contribution in [0.4, 0.5) is 0 Å². The van der Waals surface area contributed by atoms with Gasteiger partial charge in [-0.2, -0.15) is 0 Å². The quantitative estimate of drug-likeness (QED) is 0.792. The zero-order chi connectivity index (χ0) is 12.8. The van der Waals surface area contributed by atoms with Crippen LogP contribution in [0.3, 0.4) is 0 Å². The van der Waals surface area contributed by atoms with E-state index in [1.165, 1.54) is 0 Å². The van der Waals surface area contributed by atoms with Crippen LogP contribution in [0.5, 0.6) is 5.75 Å². The smallest absolute Gasteiger partial charge is 0.322 e. The molecule has 1 aromatic rings. The van der Waals surface area contributed by atoms with E-state index >= 15 is 0 Å². The van der Waals surface area contributed by atoms with Gasteiger partial charge in [0.2, 0.25) is 5.91 Å². The van der Waals surface area contributed by atoms with Gasteiger partial charge in [-0.15, -0.1) is 0 Å². The first-order chi connectivity index (χ1) is 8.02. The SMILES string of the molecule is COc1cc(CC(=O)NCC(=O)O)ccc1C. The van der Waals surface area contributed by atoms with E-state index in [9.17, 15) is 9.59 Å². The number of carbonyl (C=O) groups is 2. The summed E-state index contributed by atoms with van der Waals surface area (Å²) in [5, 5.41) is 10.7. The highest BCUT2D eigenvalue weighted by Crippen LogP contribution is 2.19. The van der Waals surface area contributed by atoms with Gasteiger partial charge in [0.25, 0.3) is 0 Å². The molecule has 0 aliphatic rings. The minimum Gasteiger partial charge on any atom is -0.496 e. The van der Waals surface area contributed by atoms with Crippen molar-refractivity contribution in [1.82, 2.24) is 5.32 Å². The number of carboxylic acid groups (broad SMARTS) is 1. The molecule has 0 bridgehead atoms. The van der Waals surface area contributed by atoms with Crippen molar-refractivity contribution in [2.24, 2.45) is 0 Å². The first-order valence-electron chi connectivity index (χ1n) is 5.15. The highest BCUT2D eigenvalue weighted by Gasteiger charge is 2.07. The van der Waals surface area contributed by atoms with E-state index in [0.29, 0.717) is 5.75 Å². The maximum atomic E-state index is 11.4. The van der Waals surface area contributed by atoms with Crippen molar-refractivity contribution in [3.05, 3.63) is 29.3 Å². The molecule has 1 amide bonds. The Balaban J connectivity index is 2.62. The van der Waals surface area contributed by atoms with Crippen molar-refractivity contribution in [3.63, 3.8) is 0 Å². The molecular formula is C12H15NO4. The third kappa shape index (κ3) is 4.14. The third-order valence-corrected chi connectivity index (χ3v) is 2.27. The number of hydrogen-bond donors (Lipinski definition) is 2. The molecule has 92 valence electrons. The second-order valence-corrected chi connectivity index (χ2v) is 3.65. The number of amides is 1. The molecule has 0 atom stereocenters. The van der Waals surface area contributed by atoms with Crippen LogP contribution < -0.4 is 10.1 Å². The average Bonchev–Trinajstić information content (AvgIpc) is 2.29. The van der Waals surface area contributed by atoms with Gasteiger partial charge in [-0.05, 0) is 24.1 Å². The van der Waals surface area contributed by atoms with E-state index in [1.807, 2.05) is 19.1 Å². The molecule has 0 saturated carbocycles. The van der Waals surface area contributed by atoms with Crippen LogP contribution in [-0.4, -0.2) is 30.6 Å². The van der Waals surface area contributed by atoms with Gasteiger partial charge in [0.05, 0.1) is 13.5 Å². The number of aryl methyl sites for hydroxylation is 1. The maximum Gasteiger partial charge on any atom is 0.322 e. The lowest BCUT2D eigenvalue weighted by Gasteiger charge is -2.07. The predicted molar refractivity (Wildman–Crippen MR) is 62.1 cm³/mol. The molecule has 5 heteroatoms. The van der Waals surface area contributed by atoms with Crippen LogP contribution in [0.2, 0.25) is 0 Å². The Hall–Kier alpha value is -2.04. The number of nitrogens with one attached hydrogen (secondary N) is 1. The zero-order valence-corrected chi connectivity index (χ0v) is 9.82. The summed E-state index contributed by atoms with van der Waals surface area (Å²) in [4.78, 5) is 21.7. The first-order valence-corrected chi connectivity index (χ1v) is 5.15. The van der Waals surface area contributed by atoms with Gasteiger partial charge in [-0.1, -0.05) is 12.1 Å². The fourth-order valence-corrected chi connectivity index (χ4v) is 1.40. The molecule has 17 heavy (non-hydrogen) atoms. The number of hydrogen-bond acceptors (Lipinski definition) is 3. The summed E-state index contributed by atoms with van der Waals surface area (Å²) in [6.45, 7) is 1.55. The van der Waals surface area contributed by atoms with Gasteiger partial charge < -0.3 is 15.2 Å². The second kappa shape index (κ2) is 5.89. The number of carbonyl (C=O) groups excluding carboxylic acids is 1. The lowest BCUT2D eigenvalue weighted by Crippen LogP contribution is -2.30. The third-order valence-electron chi connectivity index (χ3n) is 2.27. The summed E-state index contributed by atoms with van der Waals surface area (Å²) in [6.07, 6.45) is 0.143. The van der Waals surface area contributed by atoms with E-state index < -0.39 is 5.97 Å². The molecule has 1 aromatic carbocycles. The maximum absolute atomic E-state index is 11.4. The Labute approximate surface area is 99.4 Å². The average molecular weight is 237 g/mol. The van der Waals surface area contributed by atoms with Gasteiger partial charge in [0.15, 0.2) is 0 Å². The molecule has 0 saturated heterocycles. The zero-order valence-electron chi connectivity index (χ0n) is 9.82. The molecule has 5 nitrogen and oxygen atoms in total. The molecule has 0 unspecified atom stereocenters. The fourth-order valence-electron chi connectivity index (χ4n) is 1.40. The summed E-state index contributed by atoms with van der Waals surface area (Å²) < 4.78 is 5.14. The minimum atomic E-state index is -1.06. The van der Waals surface area contributed by atoms with Gasteiger partial charge >= 0.3 is 5.97 Å². The summed E-state index contributed by atoms with van der Waals surface area (Å²) in [5.74, 6) is -0.660. The van der Waals surface area contributed by atoms with E-state index in [1.54, 1.807) is 13.2 Å². The van der Waals surface area contributed by atoms with Crippen LogP contribution in [0.25, 0.3) is 0 Å². The molecule has 0 heterocycles. The molecule has 0 fully saturated rings. The van der Waals surface area contributed by atoms with Crippen molar-refractivity contribution < 1.29 is 19.4 Å². The van der Waals surface area contributed by atoms with E-state index in [2.05, 4.69) is 5.32 Å².